The molecule has 1 saturated heterocycles. The largest absolute Gasteiger partial charge is 0.398 e. The van der Waals surface area contributed by atoms with Crippen molar-refractivity contribution in [2.75, 3.05) is 37.8 Å². The summed E-state index contributed by atoms with van der Waals surface area (Å²) in [5.74, 6) is 0. The molecule has 1 aliphatic rings. The molecule has 1 fully saturated rings. The van der Waals surface area contributed by atoms with E-state index in [0.717, 1.165) is 33.3 Å². The van der Waals surface area contributed by atoms with Gasteiger partial charge in [0.05, 0.1) is 11.2 Å². The Kier molecular flexibility index (Phi) is 4.04. The number of nitrogen functional groups attached to an aromatic ring is 1. The second-order valence-electron chi connectivity index (χ2n) is 5.89. The van der Waals surface area contributed by atoms with Gasteiger partial charge >= 0.3 is 0 Å². The molecule has 2 heterocycles. The molecule has 1 aromatic carbocycles. The number of likely N-dealkylation sites (tertiary alicyclic amines) is 1. The minimum Gasteiger partial charge on any atom is -0.398 e. The van der Waals surface area contributed by atoms with E-state index in [2.05, 4.69) is 50.9 Å². The number of likely N-dealkylation sites (N-methyl/N-ethyl adjacent to an activating group) is 2. The first kappa shape index (κ1) is 14.6. The van der Waals surface area contributed by atoms with E-state index in [1.165, 1.54) is 19.4 Å². The summed E-state index contributed by atoms with van der Waals surface area (Å²) in [6, 6.07) is 6.64. The van der Waals surface area contributed by atoms with Gasteiger partial charge in [-0.25, -0.2) is 0 Å². The fraction of sp³-hybridized carbons (Fsp3) is 0.438. The van der Waals surface area contributed by atoms with Gasteiger partial charge in [0.25, 0.3) is 0 Å². The smallest absolute Gasteiger partial charge is 0.0956 e. The lowest BCUT2D eigenvalue weighted by atomic mass is 10.0. The zero-order chi connectivity index (χ0) is 15.0. The van der Waals surface area contributed by atoms with Gasteiger partial charge in [0, 0.05) is 41.4 Å². The van der Waals surface area contributed by atoms with Crippen LogP contribution in [-0.4, -0.2) is 43.1 Å². The van der Waals surface area contributed by atoms with Crippen molar-refractivity contribution in [3.05, 3.63) is 28.9 Å². The van der Waals surface area contributed by atoms with Crippen LogP contribution in [0.4, 0.5) is 11.4 Å². The average Bonchev–Trinajstić information content (AvgIpc) is 2.47. The van der Waals surface area contributed by atoms with Crippen LogP contribution in [0.15, 0.2) is 28.9 Å². The Morgan fingerprint density at radius 2 is 2.24 bits per heavy atom. The molecule has 1 atom stereocenters. The minimum atomic E-state index is 0.529. The Bertz CT molecular complexity index is 658. The van der Waals surface area contributed by atoms with Gasteiger partial charge in [-0.05, 0) is 60.6 Å². The lowest BCUT2D eigenvalue weighted by Gasteiger charge is -2.37. The Morgan fingerprint density at radius 3 is 3.00 bits per heavy atom. The van der Waals surface area contributed by atoms with Crippen molar-refractivity contribution in [2.45, 2.75) is 18.9 Å². The van der Waals surface area contributed by atoms with E-state index in [9.17, 15) is 0 Å². The van der Waals surface area contributed by atoms with Gasteiger partial charge in [-0.3, -0.25) is 4.98 Å². The number of hydrogen-bond donors (Lipinski definition) is 1. The number of pyridine rings is 1. The fourth-order valence-electron chi connectivity index (χ4n) is 3.14. The molecule has 2 N–H and O–H groups in total. The molecule has 3 rings (SSSR count). The van der Waals surface area contributed by atoms with Crippen molar-refractivity contribution in [1.29, 1.82) is 0 Å². The number of anilines is 2. The number of rotatable bonds is 2. The average molecular weight is 349 g/mol. The highest BCUT2D eigenvalue weighted by molar-refractivity contribution is 9.10. The first-order valence-electron chi connectivity index (χ1n) is 7.31. The molecular formula is C16H21BrN4. The third-order valence-electron chi connectivity index (χ3n) is 4.36. The summed E-state index contributed by atoms with van der Waals surface area (Å²) in [6.07, 6.45) is 4.31. The second-order valence-corrected chi connectivity index (χ2v) is 6.81. The molecule has 112 valence electrons. The number of aromatic nitrogens is 1. The number of halogens is 1. The fourth-order valence-corrected chi connectivity index (χ4v) is 3.47. The third kappa shape index (κ3) is 2.85. The monoisotopic (exact) mass is 348 g/mol. The summed E-state index contributed by atoms with van der Waals surface area (Å²) in [7, 11) is 4.36. The van der Waals surface area contributed by atoms with Crippen molar-refractivity contribution in [3.8, 4) is 0 Å². The molecule has 0 radical (unpaired) electrons. The van der Waals surface area contributed by atoms with E-state index in [1.807, 2.05) is 18.3 Å². The predicted molar refractivity (Wildman–Crippen MR) is 92.8 cm³/mol. The summed E-state index contributed by atoms with van der Waals surface area (Å²) in [4.78, 5) is 9.35. The van der Waals surface area contributed by atoms with E-state index < -0.39 is 0 Å². The van der Waals surface area contributed by atoms with Crippen molar-refractivity contribution in [1.82, 2.24) is 9.88 Å². The predicted octanol–water partition coefficient (Wildman–Crippen LogP) is 3.11. The summed E-state index contributed by atoms with van der Waals surface area (Å²) in [5.41, 5.74) is 9.02. The van der Waals surface area contributed by atoms with Gasteiger partial charge in [-0.1, -0.05) is 0 Å². The van der Waals surface area contributed by atoms with Crippen molar-refractivity contribution in [3.63, 3.8) is 0 Å². The van der Waals surface area contributed by atoms with Crippen molar-refractivity contribution < 1.29 is 0 Å². The van der Waals surface area contributed by atoms with E-state index in [4.69, 9.17) is 5.73 Å². The molecular weight excluding hydrogens is 328 g/mol. The molecule has 0 spiro atoms. The standard InChI is InChI=1S/C16H21BrN4/c1-20-7-3-4-12(10-20)21(2)15-6-5-14(18)13-8-11(17)9-19-16(13)15/h5-6,8-9,12H,3-4,7,10,18H2,1-2H3. The quantitative estimate of drug-likeness (QED) is 0.847. The van der Waals surface area contributed by atoms with Crippen LogP contribution in [0.5, 0.6) is 0 Å². The minimum absolute atomic E-state index is 0.529. The zero-order valence-corrected chi connectivity index (χ0v) is 14.1. The van der Waals surface area contributed by atoms with Crippen molar-refractivity contribution >= 4 is 38.2 Å². The molecule has 0 saturated carbocycles. The highest BCUT2D eigenvalue weighted by atomic mass is 79.9. The van der Waals surface area contributed by atoms with Crippen LogP contribution in [0.2, 0.25) is 0 Å². The van der Waals surface area contributed by atoms with E-state index in [-0.39, 0.29) is 0 Å². The van der Waals surface area contributed by atoms with Gasteiger partial charge < -0.3 is 15.5 Å². The molecule has 5 heteroatoms. The highest BCUT2D eigenvalue weighted by Gasteiger charge is 2.23. The third-order valence-corrected chi connectivity index (χ3v) is 4.79. The van der Waals surface area contributed by atoms with Crippen molar-refractivity contribution in [2.24, 2.45) is 0 Å². The number of piperidine rings is 1. The summed E-state index contributed by atoms with van der Waals surface area (Å²) < 4.78 is 0.957. The maximum Gasteiger partial charge on any atom is 0.0956 e. The van der Waals surface area contributed by atoms with Gasteiger partial charge in [0.15, 0.2) is 0 Å². The topological polar surface area (TPSA) is 45.4 Å². The van der Waals surface area contributed by atoms with E-state index in [0.29, 0.717) is 6.04 Å². The lowest BCUT2D eigenvalue weighted by Crippen LogP contribution is -2.45. The Morgan fingerprint density at radius 1 is 1.43 bits per heavy atom. The van der Waals surface area contributed by atoms with Gasteiger partial charge in [0.2, 0.25) is 0 Å². The number of fused-ring (bicyclic) bond motifs is 1. The highest BCUT2D eigenvalue weighted by Crippen LogP contribution is 2.32. The zero-order valence-electron chi connectivity index (χ0n) is 12.5. The Labute approximate surface area is 134 Å². The molecule has 0 bridgehead atoms. The van der Waals surface area contributed by atoms with Crippen LogP contribution >= 0.6 is 15.9 Å². The van der Waals surface area contributed by atoms with Crippen LogP contribution in [0.3, 0.4) is 0 Å². The van der Waals surface area contributed by atoms with Crippen LogP contribution < -0.4 is 10.6 Å². The SMILES string of the molecule is CN1CCCC(N(C)c2ccc(N)c3cc(Br)cnc23)C1. The number of nitrogens with zero attached hydrogens (tertiary/aromatic N) is 3. The summed E-state index contributed by atoms with van der Waals surface area (Å²) in [5, 5.41) is 1.01. The van der Waals surface area contributed by atoms with Crippen LogP contribution in [0, 0.1) is 0 Å². The first-order chi connectivity index (χ1) is 10.1. The number of benzene rings is 1. The van der Waals surface area contributed by atoms with Gasteiger partial charge in [0.1, 0.15) is 0 Å². The second kappa shape index (κ2) is 5.81. The maximum atomic E-state index is 6.11. The molecule has 2 aromatic rings. The number of hydrogen-bond acceptors (Lipinski definition) is 4. The van der Waals surface area contributed by atoms with E-state index >= 15 is 0 Å². The van der Waals surface area contributed by atoms with Crippen LogP contribution in [0.25, 0.3) is 10.9 Å². The summed E-state index contributed by atoms with van der Waals surface area (Å²) >= 11 is 3.47. The Balaban J connectivity index is 2.01. The molecule has 0 amide bonds. The normalized spacial score (nSPS) is 19.9. The molecule has 1 unspecified atom stereocenters. The summed E-state index contributed by atoms with van der Waals surface area (Å²) in [6.45, 7) is 2.29. The van der Waals surface area contributed by atoms with Gasteiger partial charge in [-0.2, -0.15) is 0 Å². The molecule has 4 nitrogen and oxygen atoms in total. The maximum absolute atomic E-state index is 6.11. The molecule has 1 aromatic heterocycles. The van der Waals surface area contributed by atoms with Crippen LogP contribution in [-0.2, 0) is 0 Å². The van der Waals surface area contributed by atoms with Gasteiger partial charge in [-0.15, -0.1) is 0 Å². The lowest BCUT2D eigenvalue weighted by molar-refractivity contribution is 0.248. The van der Waals surface area contributed by atoms with E-state index in [1.54, 1.807) is 0 Å². The Hall–Kier alpha value is -1.33. The molecule has 0 aliphatic carbocycles. The number of nitrogens with two attached hydrogens (primary N) is 1. The van der Waals surface area contributed by atoms with Crippen LogP contribution in [0.1, 0.15) is 12.8 Å². The first-order valence-corrected chi connectivity index (χ1v) is 8.10. The molecule has 21 heavy (non-hydrogen) atoms. The molecule has 1 aliphatic heterocycles.